The van der Waals surface area contributed by atoms with Gasteiger partial charge in [0, 0.05) is 6.54 Å². The lowest BCUT2D eigenvalue weighted by molar-refractivity contribution is 0.327. The van der Waals surface area contributed by atoms with Crippen LogP contribution in [0, 0.1) is 0 Å². The number of rotatable bonds is 8. The van der Waals surface area contributed by atoms with Crippen molar-refractivity contribution in [3.8, 4) is 0 Å². The van der Waals surface area contributed by atoms with Crippen LogP contribution in [0.25, 0.3) is 0 Å². The Hall–Kier alpha value is -0.340. The highest BCUT2D eigenvalue weighted by Crippen LogP contribution is 2.19. The highest BCUT2D eigenvalue weighted by molar-refractivity contribution is 5.03. The molecule has 0 unspecified atom stereocenters. The van der Waals surface area contributed by atoms with Crippen molar-refractivity contribution >= 4 is 0 Å². The van der Waals surface area contributed by atoms with Crippen LogP contribution in [-0.2, 0) is 0 Å². The lowest BCUT2D eigenvalue weighted by Crippen LogP contribution is -2.22. The molecule has 2 nitrogen and oxygen atoms in total. The predicted octanol–water partition coefficient (Wildman–Crippen LogP) is 3.59. The SMILES string of the molecule is CNCCCCN(C)CC/C1=C\CCCCCC1. The third-order valence-electron chi connectivity index (χ3n) is 3.92. The van der Waals surface area contributed by atoms with E-state index in [9.17, 15) is 0 Å². The van der Waals surface area contributed by atoms with E-state index in [0.717, 1.165) is 6.54 Å². The minimum absolute atomic E-state index is 1.15. The van der Waals surface area contributed by atoms with Gasteiger partial charge in [-0.25, -0.2) is 0 Å². The van der Waals surface area contributed by atoms with Gasteiger partial charge in [-0.3, -0.25) is 0 Å². The first-order chi connectivity index (χ1) is 8.83. The summed E-state index contributed by atoms with van der Waals surface area (Å²) in [5.41, 5.74) is 1.72. The van der Waals surface area contributed by atoms with Crippen LogP contribution in [0.5, 0.6) is 0 Å². The minimum Gasteiger partial charge on any atom is -0.320 e. The van der Waals surface area contributed by atoms with Gasteiger partial charge in [-0.05, 0) is 72.1 Å². The molecule has 1 N–H and O–H groups in total. The van der Waals surface area contributed by atoms with Gasteiger partial charge in [0.05, 0.1) is 0 Å². The van der Waals surface area contributed by atoms with Crippen LogP contribution < -0.4 is 5.32 Å². The summed E-state index contributed by atoms with van der Waals surface area (Å²) in [6.07, 6.45) is 14.8. The van der Waals surface area contributed by atoms with Crippen LogP contribution in [0.4, 0.5) is 0 Å². The lowest BCUT2D eigenvalue weighted by atomic mass is 9.98. The van der Waals surface area contributed by atoms with E-state index < -0.39 is 0 Å². The summed E-state index contributed by atoms with van der Waals surface area (Å²) in [5, 5.41) is 3.21. The molecule has 1 aliphatic rings. The third kappa shape index (κ3) is 7.88. The Labute approximate surface area is 114 Å². The largest absolute Gasteiger partial charge is 0.320 e. The van der Waals surface area contributed by atoms with Gasteiger partial charge in [0.15, 0.2) is 0 Å². The zero-order chi connectivity index (χ0) is 13.1. The molecule has 1 aliphatic carbocycles. The Balaban J connectivity index is 2.10. The maximum Gasteiger partial charge on any atom is 0.00155 e. The fourth-order valence-electron chi connectivity index (χ4n) is 2.62. The standard InChI is InChI=1S/C16H32N2/c1-17-13-8-9-14-18(2)15-12-16-10-6-4-3-5-7-11-16/h10,17H,3-9,11-15H2,1-2H3/b16-10-. The van der Waals surface area contributed by atoms with E-state index in [1.165, 1.54) is 70.9 Å². The van der Waals surface area contributed by atoms with Crippen molar-refractivity contribution < 1.29 is 0 Å². The molecule has 18 heavy (non-hydrogen) atoms. The van der Waals surface area contributed by atoms with Gasteiger partial charge in [0.25, 0.3) is 0 Å². The number of hydrogen-bond acceptors (Lipinski definition) is 2. The van der Waals surface area contributed by atoms with Gasteiger partial charge in [-0.15, -0.1) is 0 Å². The molecule has 0 aromatic carbocycles. The second-order valence-corrected chi connectivity index (χ2v) is 5.68. The Kier molecular flexibility index (Phi) is 9.23. The van der Waals surface area contributed by atoms with Gasteiger partial charge in [-0.1, -0.05) is 24.5 Å². The Morgan fingerprint density at radius 2 is 1.94 bits per heavy atom. The lowest BCUT2D eigenvalue weighted by Gasteiger charge is -2.18. The molecule has 0 fully saturated rings. The summed E-state index contributed by atoms with van der Waals surface area (Å²) >= 11 is 0. The highest BCUT2D eigenvalue weighted by atomic mass is 15.1. The summed E-state index contributed by atoms with van der Waals surface area (Å²) in [4.78, 5) is 2.50. The predicted molar refractivity (Wildman–Crippen MR) is 81.1 cm³/mol. The summed E-state index contributed by atoms with van der Waals surface area (Å²) in [5.74, 6) is 0. The smallest absolute Gasteiger partial charge is 0.00155 e. The Bertz CT molecular complexity index is 223. The molecule has 0 radical (unpaired) electrons. The molecular weight excluding hydrogens is 220 g/mol. The molecular formula is C16H32N2. The van der Waals surface area contributed by atoms with Crippen molar-refractivity contribution in [3.05, 3.63) is 11.6 Å². The zero-order valence-corrected chi connectivity index (χ0v) is 12.5. The van der Waals surface area contributed by atoms with Crippen LogP contribution >= 0.6 is 0 Å². The zero-order valence-electron chi connectivity index (χ0n) is 12.5. The van der Waals surface area contributed by atoms with Crippen LogP contribution in [-0.4, -0.2) is 38.6 Å². The number of nitrogens with zero attached hydrogens (tertiary/aromatic N) is 1. The fraction of sp³-hybridized carbons (Fsp3) is 0.875. The van der Waals surface area contributed by atoms with Crippen molar-refractivity contribution in [3.63, 3.8) is 0 Å². The van der Waals surface area contributed by atoms with Gasteiger partial charge >= 0.3 is 0 Å². The van der Waals surface area contributed by atoms with E-state index in [1.807, 2.05) is 7.05 Å². The number of hydrogen-bond donors (Lipinski definition) is 1. The van der Waals surface area contributed by atoms with E-state index in [4.69, 9.17) is 0 Å². The molecule has 0 atom stereocenters. The van der Waals surface area contributed by atoms with E-state index in [0.29, 0.717) is 0 Å². The van der Waals surface area contributed by atoms with Gasteiger partial charge in [0.2, 0.25) is 0 Å². The number of unbranched alkanes of at least 4 members (excludes halogenated alkanes) is 1. The van der Waals surface area contributed by atoms with Crippen molar-refractivity contribution in [2.24, 2.45) is 0 Å². The van der Waals surface area contributed by atoms with Crippen LogP contribution in [0.3, 0.4) is 0 Å². The summed E-state index contributed by atoms with van der Waals surface area (Å²) in [6, 6.07) is 0. The molecule has 0 spiro atoms. The molecule has 2 heteroatoms. The number of allylic oxidation sites excluding steroid dienone is 1. The van der Waals surface area contributed by atoms with Crippen LogP contribution in [0.1, 0.15) is 57.8 Å². The van der Waals surface area contributed by atoms with Crippen molar-refractivity contribution in [2.75, 3.05) is 33.7 Å². The first-order valence-corrected chi connectivity index (χ1v) is 7.84. The highest BCUT2D eigenvalue weighted by Gasteiger charge is 2.04. The Morgan fingerprint density at radius 3 is 2.78 bits per heavy atom. The monoisotopic (exact) mass is 252 g/mol. The van der Waals surface area contributed by atoms with Crippen molar-refractivity contribution in [1.29, 1.82) is 0 Å². The molecule has 0 amide bonds. The van der Waals surface area contributed by atoms with Gasteiger partial charge < -0.3 is 10.2 Å². The van der Waals surface area contributed by atoms with E-state index in [2.05, 4.69) is 23.3 Å². The third-order valence-corrected chi connectivity index (χ3v) is 3.92. The first kappa shape index (κ1) is 15.7. The average molecular weight is 252 g/mol. The van der Waals surface area contributed by atoms with E-state index >= 15 is 0 Å². The molecule has 0 saturated heterocycles. The maximum atomic E-state index is 3.21. The topological polar surface area (TPSA) is 15.3 Å². The summed E-state index contributed by atoms with van der Waals surface area (Å²) < 4.78 is 0. The molecule has 0 heterocycles. The molecule has 0 saturated carbocycles. The quantitative estimate of drug-likeness (QED) is 0.524. The second-order valence-electron chi connectivity index (χ2n) is 5.68. The van der Waals surface area contributed by atoms with E-state index in [-0.39, 0.29) is 0 Å². The average Bonchev–Trinajstić information content (AvgIpc) is 2.33. The Morgan fingerprint density at radius 1 is 1.11 bits per heavy atom. The second kappa shape index (κ2) is 10.6. The van der Waals surface area contributed by atoms with Gasteiger partial charge in [-0.2, -0.15) is 0 Å². The fourth-order valence-corrected chi connectivity index (χ4v) is 2.62. The summed E-state index contributed by atoms with van der Waals surface area (Å²) in [6.45, 7) is 3.64. The molecule has 0 aliphatic heterocycles. The normalized spacial score (nSPS) is 20.3. The van der Waals surface area contributed by atoms with Crippen LogP contribution in [0.2, 0.25) is 0 Å². The molecule has 0 bridgehead atoms. The molecule has 106 valence electrons. The first-order valence-electron chi connectivity index (χ1n) is 7.84. The minimum atomic E-state index is 1.15. The van der Waals surface area contributed by atoms with E-state index in [1.54, 1.807) is 5.57 Å². The van der Waals surface area contributed by atoms with Crippen molar-refractivity contribution in [2.45, 2.75) is 57.8 Å². The number of nitrogens with one attached hydrogen (secondary N) is 1. The maximum absolute atomic E-state index is 3.21. The molecule has 0 aromatic heterocycles. The summed E-state index contributed by atoms with van der Waals surface area (Å²) in [7, 11) is 4.30. The van der Waals surface area contributed by atoms with Crippen molar-refractivity contribution in [1.82, 2.24) is 10.2 Å². The van der Waals surface area contributed by atoms with Gasteiger partial charge in [0.1, 0.15) is 0 Å². The molecule has 0 aromatic rings. The van der Waals surface area contributed by atoms with Crippen LogP contribution in [0.15, 0.2) is 11.6 Å². The molecule has 1 rings (SSSR count).